The van der Waals surface area contributed by atoms with Crippen LogP contribution in [0.15, 0.2) is 54.9 Å². The molecule has 0 saturated carbocycles. The summed E-state index contributed by atoms with van der Waals surface area (Å²) in [7, 11) is 1.84. The highest BCUT2D eigenvalue weighted by molar-refractivity contribution is 5.97. The number of pyridine rings is 1. The molecule has 3 rings (SSSR count). The van der Waals surface area contributed by atoms with Crippen LogP contribution in [0.2, 0.25) is 0 Å². The maximum Gasteiger partial charge on any atom is 0.267 e. The first-order valence-corrected chi connectivity index (χ1v) is 10.5. The van der Waals surface area contributed by atoms with Crippen molar-refractivity contribution in [3.05, 3.63) is 88.5 Å². The minimum Gasteiger partial charge on any atom is -0.351 e. The van der Waals surface area contributed by atoms with Gasteiger partial charge in [-0.15, -0.1) is 0 Å². The number of benzene rings is 1. The van der Waals surface area contributed by atoms with Gasteiger partial charge >= 0.3 is 0 Å². The summed E-state index contributed by atoms with van der Waals surface area (Å²) in [6.45, 7) is 6.21. The van der Waals surface area contributed by atoms with E-state index in [1.807, 2.05) is 58.3 Å². The molecule has 6 nitrogen and oxygen atoms in total. The lowest BCUT2D eigenvalue weighted by Crippen LogP contribution is -2.40. The van der Waals surface area contributed by atoms with E-state index in [1.54, 1.807) is 16.8 Å². The number of hydrogen-bond acceptors (Lipinski definition) is 3. The number of rotatable bonds is 8. The van der Waals surface area contributed by atoms with Gasteiger partial charge in [0.1, 0.15) is 5.69 Å². The van der Waals surface area contributed by atoms with E-state index >= 15 is 0 Å². The number of nitrogens with one attached hydrogen (secondary N) is 2. The summed E-state index contributed by atoms with van der Waals surface area (Å²) >= 11 is 0. The largest absolute Gasteiger partial charge is 0.351 e. The van der Waals surface area contributed by atoms with Crippen LogP contribution < -0.4 is 10.6 Å². The molecule has 0 bridgehead atoms. The van der Waals surface area contributed by atoms with E-state index in [2.05, 4.69) is 27.8 Å². The lowest BCUT2D eigenvalue weighted by Gasteiger charge is -2.21. The molecule has 2 aromatic heterocycles. The molecular formula is C25H30N4O2. The highest BCUT2D eigenvalue weighted by atomic mass is 16.2. The van der Waals surface area contributed by atoms with Crippen LogP contribution in [0.1, 0.15) is 49.7 Å². The summed E-state index contributed by atoms with van der Waals surface area (Å²) in [6.07, 6.45) is 4.89. The summed E-state index contributed by atoms with van der Waals surface area (Å²) in [5, 5.41) is 6.15. The molecule has 1 atom stereocenters. The number of carbonyl (C=O) groups excluding carboxylic acids is 2. The molecule has 0 fully saturated rings. The van der Waals surface area contributed by atoms with E-state index in [-0.39, 0.29) is 17.9 Å². The van der Waals surface area contributed by atoms with E-state index in [0.717, 1.165) is 22.4 Å². The molecule has 0 aliphatic carbocycles. The van der Waals surface area contributed by atoms with Crippen LogP contribution >= 0.6 is 0 Å². The first kappa shape index (κ1) is 22.3. The molecule has 6 heteroatoms. The average molecular weight is 419 g/mol. The molecule has 31 heavy (non-hydrogen) atoms. The van der Waals surface area contributed by atoms with Crippen LogP contribution in [0.4, 0.5) is 0 Å². The van der Waals surface area contributed by atoms with Crippen molar-refractivity contribution in [3.63, 3.8) is 0 Å². The Labute approximate surface area is 183 Å². The Morgan fingerprint density at radius 1 is 1.03 bits per heavy atom. The number of carbonyl (C=O) groups is 2. The van der Waals surface area contributed by atoms with Gasteiger partial charge in [0.15, 0.2) is 0 Å². The van der Waals surface area contributed by atoms with Gasteiger partial charge in [-0.2, -0.15) is 0 Å². The molecule has 162 valence electrons. The summed E-state index contributed by atoms with van der Waals surface area (Å²) in [4.78, 5) is 29.9. The lowest BCUT2D eigenvalue weighted by molar-refractivity contribution is 0.0931. The first-order chi connectivity index (χ1) is 14.9. The van der Waals surface area contributed by atoms with Crippen molar-refractivity contribution in [1.29, 1.82) is 0 Å². The van der Waals surface area contributed by atoms with Crippen molar-refractivity contribution >= 4 is 11.8 Å². The topological polar surface area (TPSA) is 76.0 Å². The number of aromatic nitrogens is 2. The molecular weight excluding hydrogens is 388 g/mol. The number of amides is 2. The molecule has 0 aliphatic rings. The Kier molecular flexibility index (Phi) is 7.23. The maximum atomic E-state index is 13.1. The normalized spacial score (nSPS) is 11.7. The van der Waals surface area contributed by atoms with Gasteiger partial charge in [0.05, 0.1) is 0 Å². The van der Waals surface area contributed by atoms with Crippen LogP contribution in [0.3, 0.4) is 0 Å². The zero-order chi connectivity index (χ0) is 22.4. The minimum atomic E-state index is -0.117. The van der Waals surface area contributed by atoms with Gasteiger partial charge in [0.25, 0.3) is 11.8 Å². The molecule has 2 amide bonds. The zero-order valence-electron chi connectivity index (χ0n) is 18.6. The molecule has 1 unspecified atom stereocenters. The van der Waals surface area contributed by atoms with Gasteiger partial charge in [-0.05, 0) is 62.4 Å². The highest BCUT2D eigenvalue weighted by Gasteiger charge is 2.19. The summed E-state index contributed by atoms with van der Waals surface area (Å²) in [6, 6.07) is 13.6. The van der Waals surface area contributed by atoms with Crippen molar-refractivity contribution < 1.29 is 9.59 Å². The number of nitrogens with zero attached hydrogens (tertiary/aromatic N) is 2. The zero-order valence-corrected chi connectivity index (χ0v) is 18.6. The summed E-state index contributed by atoms with van der Waals surface area (Å²) < 4.78 is 1.79. The third-order valence-corrected chi connectivity index (χ3v) is 5.61. The average Bonchev–Trinajstić information content (AvgIpc) is 3.17. The quantitative estimate of drug-likeness (QED) is 0.588. The smallest absolute Gasteiger partial charge is 0.267 e. The predicted octanol–water partition coefficient (Wildman–Crippen LogP) is 3.51. The second-order valence-corrected chi connectivity index (χ2v) is 7.94. The van der Waals surface area contributed by atoms with Crippen molar-refractivity contribution in [3.8, 4) is 0 Å². The minimum absolute atomic E-state index is 0.102. The Morgan fingerprint density at radius 2 is 1.77 bits per heavy atom. The fourth-order valence-electron chi connectivity index (χ4n) is 3.71. The predicted molar refractivity (Wildman–Crippen MR) is 122 cm³/mol. The van der Waals surface area contributed by atoms with Gasteiger partial charge in [0.2, 0.25) is 0 Å². The van der Waals surface area contributed by atoms with Gasteiger partial charge in [-0.1, -0.05) is 30.3 Å². The highest BCUT2D eigenvalue weighted by Crippen LogP contribution is 2.16. The van der Waals surface area contributed by atoms with Gasteiger partial charge in [0, 0.05) is 43.3 Å². The third kappa shape index (κ3) is 5.60. The van der Waals surface area contributed by atoms with E-state index in [9.17, 15) is 9.59 Å². The lowest BCUT2D eigenvalue weighted by atomic mass is 10.00. The second kappa shape index (κ2) is 10.1. The Hall–Kier alpha value is -3.41. The molecule has 2 N–H and O–H groups in total. The van der Waals surface area contributed by atoms with E-state index in [1.165, 1.54) is 0 Å². The van der Waals surface area contributed by atoms with Crippen molar-refractivity contribution in [2.45, 2.75) is 39.7 Å². The Balaban J connectivity index is 1.71. The molecule has 1 aromatic carbocycles. The SMILES string of the molecule is Cc1cnc(C)c(C)c1C(=O)NC(CCNC(=O)c1cccn1C)Cc1ccccc1. The van der Waals surface area contributed by atoms with Crippen LogP contribution in [-0.2, 0) is 13.5 Å². The van der Waals surface area contributed by atoms with E-state index in [4.69, 9.17) is 0 Å². The van der Waals surface area contributed by atoms with Crippen LogP contribution in [0.25, 0.3) is 0 Å². The van der Waals surface area contributed by atoms with Crippen molar-refractivity contribution in [2.75, 3.05) is 6.54 Å². The van der Waals surface area contributed by atoms with E-state index in [0.29, 0.717) is 30.6 Å². The Bertz CT molecular complexity index is 1060. The molecule has 0 saturated heterocycles. The van der Waals surface area contributed by atoms with Crippen LogP contribution in [0.5, 0.6) is 0 Å². The monoisotopic (exact) mass is 418 g/mol. The number of aryl methyl sites for hydroxylation is 3. The maximum absolute atomic E-state index is 13.1. The van der Waals surface area contributed by atoms with Crippen molar-refractivity contribution in [1.82, 2.24) is 20.2 Å². The Morgan fingerprint density at radius 3 is 2.45 bits per heavy atom. The van der Waals surface area contributed by atoms with Crippen molar-refractivity contribution in [2.24, 2.45) is 7.05 Å². The molecule has 0 aliphatic heterocycles. The third-order valence-electron chi connectivity index (χ3n) is 5.61. The first-order valence-electron chi connectivity index (χ1n) is 10.5. The molecule has 2 heterocycles. The standard InChI is InChI=1S/C25H30N4O2/c1-17-16-27-19(3)18(2)23(17)25(31)28-21(15-20-9-6-5-7-10-20)12-13-26-24(30)22-11-8-14-29(22)4/h5-11,14,16,21H,12-13,15H2,1-4H3,(H,26,30)(H,28,31). The molecule has 0 radical (unpaired) electrons. The van der Waals surface area contributed by atoms with Gasteiger partial charge in [-0.3, -0.25) is 14.6 Å². The summed E-state index contributed by atoms with van der Waals surface area (Å²) in [5.74, 6) is -0.219. The molecule has 3 aromatic rings. The van der Waals surface area contributed by atoms with E-state index < -0.39 is 0 Å². The molecule has 0 spiro atoms. The van der Waals surface area contributed by atoms with Crippen LogP contribution in [-0.4, -0.2) is 34.0 Å². The fraction of sp³-hybridized carbons (Fsp3) is 0.320. The van der Waals surface area contributed by atoms with Crippen LogP contribution in [0, 0.1) is 20.8 Å². The second-order valence-electron chi connectivity index (χ2n) is 7.94. The fourth-order valence-corrected chi connectivity index (χ4v) is 3.71. The number of hydrogen-bond donors (Lipinski definition) is 2. The summed E-state index contributed by atoms with van der Waals surface area (Å²) in [5.41, 5.74) is 5.04. The van der Waals surface area contributed by atoms with Gasteiger partial charge in [-0.25, -0.2) is 0 Å². The van der Waals surface area contributed by atoms with Gasteiger partial charge < -0.3 is 15.2 Å².